The third-order valence-electron chi connectivity index (χ3n) is 3.93. The fraction of sp³-hybridized carbons (Fsp3) is 0.611. The molecule has 1 aromatic carbocycles. The maximum Gasteiger partial charge on any atom is 0.229 e. The predicted octanol–water partition coefficient (Wildman–Crippen LogP) is 3.08. The molecule has 5 nitrogen and oxygen atoms in total. The van der Waals surface area contributed by atoms with Crippen LogP contribution in [-0.2, 0) is 9.53 Å². The number of halogens is 1. The van der Waals surface area contributed by atoms with Crippen LogP contribution in [0.3, 0.4) is 0 Å². The standard InChI is InChI=1S/C18H28N2O3.ClH/c1-12(2)19-6-8-23-17-13(3)9-16(10-14(17)4)20-18(21)15-5-7-22-11-15;/h9-10,12,15,19H,5-8,11H2,1-4H3,(H,20,21);1H. The van der Waals surface area contributed by atoms with E-state index < -0.39 is 0 Å². The van der Waals surface area contributed by atoms with Gasteiger partial charge in [-0.1, -0.05) is 13.8 Å². The molecule has 1 atom stereocenters. The Morgan fingerprint density at radius 3 is 2.54 bits per heavy atom. The Morgan fingerprint density at radius 1 is 1.33 bits per heavy atom. The van der Waals surface area contributed by atoms with Gasteiger partial charge in [0, 0.05) is 24.9 Å². The van der Waals surface area contributed by atoms with Gasteiger partial charge in [-0.3, -0.25) is 4.79 Å². The highest BCUT2D eigenvalue weighted by atomic mass is 35.5. The van der Waals surface area contributed by atoms with Crippen molar-refractivity contribution < 1.29 is 14.3 Å². The van der Waals surface area contributed by atoms with Crippen molar-refractivity contribution in [2.45, 2.75) is 40.2 Å². The van der Waals surface area contributed by atoms with Crippen LogP contribution in [0.15, 0.2) is 12.1 Å². The second-order valence-corrected chi connectivity index (χ2v) is 6.45. The van der Waals surface area contributed by atoms with Gasteiger partial charge in [-0.2, -0.15) is 0 Å². The van der Waals surface area contributed by atoms with Crippen LogP contribution in [0.4, 0.5) is 5.69 Å². The quantitative estimate of drug-likeness (QED) is 0.737. The van der Waals surface area contributed by atoms with E-state index in [2.05, 4.69) is 24.5 Å². The summed E-state index contributed by atoms with van der Waals surface area (Å²) in [6.07, 6.45) is 0.799. The summed E-state index contributed by atoms with van der Waals surface area (Å²) in [5, 5.41) is 6.32. The Morgan fingerprint density at radius 2 is 2.00 bits per heavy atom. The maximum absolute atomic E-state index is 12.2. The fourth-order valence-electron chi connectivity index (χ4n) is 2.74. The Labute approximate surface area is 150 Å². The molecular formula is C18H29ClN2O3. The van der Waals surface area contributed by atoms with E-state index >= 15 is 0 Å². The van der Waals surface area contributed by atoms with Crippen LogP contribution in [0.5, 0.6) is 5.75 Å². The first-order chi connectivity index (χ1) is 11.0. The largest absolute Gasteiger partial charge is 0.492 e. The highest BCUT2D eigenvalue weighted by Gasteiger charge is 2.23. The van der Waals surface area contributed by atoms with Gasteiger partial charge in [-0.25, -0.2) is 0 Å². The molecule has 1 aliphatic rings. The molecule has 2 rings (SSSR count). The van der Waals surface area contributed by atoms with Crippen molar-refractivity contribution in [3.8, 4) is 5.75 Å². The molecule has 0 spiro atoms. The van der Waals surface area contributed by atoms with Gasteiger partial charge in [0.05, 0.1) is 12.5 Å². The van der Waals surface area contributed by atoms with Gasteiger partial charge in [0.2, 0.25) is 5.91 Å². The Bertz CT molecular complexity index is 520. The van der Waals surface area contributed by atoms with E-state index in [-0.39, 0.29) is 24.2 Å². The first-order valence-electron chi connectivity index (χ1n) is 8.33. The van der Waals surface area contributed by atoms with Gasteiger partial charge in [-0.15, -0.1) is 12.4 Å². The van der Waals surface area contributed by atoms with E-state index in [1.165, 1.54) is 0 Å². The zero-order chi connectivity index (χ0) is 16.8. The van der Waals surface area contributed by atoms with E-state index in [1.54, 1.807) is 0 Å². The third kappa shape index (κ3) is 5.96. The van der Waals surface area contributed by atoms with Crippen LogP contribution in [-0.4, -0.2) is 38.3 Å². The molecule has 24 heavy (non-hydrogen) atoms. The minimum absolute atomic E-state index is 0. The molecule has 0 bridgehead atoms. The lowest BCUT2D eigenvalue weighted by molar-refractivity contribution is -0.119. The maximum atomic E-state index is 12.2. The number of ether oxygens (including phenoxy) is 2. The van der Waals surface area contributed by atoms with Crippen molar-refractivity contribution in [1.82, 2.24) is 5.32 Å². The molecule has 6 heteroatoms. The zero-order valence-corrected chi connectivity index (χ0v) is 15.8. The lowest BCUT2D eigenvalue weighted by atomic mass is 10.1. The van der Waals surface area contributed by atoms with E-state index in [9.17, 15) is 4.79 Å². The van der Waals surface area contributed by atoms with Crippen molar-refractivity contribution in [3.05, 3.63) is 23.3 Å². The van der Waals surface area contributed by atoms with Crippen LogP contribution < -0.4 is 15.4 Å². The summed E-state index contributed by atoms with van der Waals surface area (Å²) >= 11 is 0. The molecule has 0 aliphatic carbocycles. The van der Waals surface area contributed by atoms with Gasteiger partial charge in [0.25, 0.3) is 0 Å². The summed E-state index contributed by atoms with van der Waals surface area (Å²) < 4.78 is 11.1. The monoisotopic (exact) mass is 356 g/mol. The smallest absolute Gasteiger partial charge is 0.229 e. The molecule has 0 aromatic heterocycles. The van der Waals surface area contributed by atoms with Crippen LogP contribution in [0.2, 0.25) is 0 Å². The molecule has 1 fully saturated rings. The molecule has 0 radical (unpaired) electrons. The van der Waals surface area contributed by atoms with Crippen LogP contribution in [0, 0.1) is 19.8 Å². The molecular weight excluding hydrogens is 328 g/mol. The van der Waals surface area contributed by atoms with E-state index in [0.29, 0.717) is 25.9 Å². The number of aryl methyl sites for hydroxylation is 2. The van der Waals surface area contributed by atoms with E-state index in [1.807, 2.05) is 26.0 Å². The Kier molecular flexibility index (Phi) is 8.53. The first-order valence-corrected chi connectivity index (χ1v) is 8.33. The summed E-state index contributed by atoms with van der Waals surface area (Å²) in [4.78, 5) is 12.2. The number of amides is 1. The summed E-state index contributed by atoms with van der Waals surface area (Å²) in [7, 11) is 0. The number of benzene rings is 1. The number of nitrogens with one attached hydrogen (secondary N) is 2. The average molecular weight is 357 g/mol. The number of carbonyl (C=O) groups excluding carboxylic acids is 1. The average Bonchev–Trinajstić information content (AvgIpc) is 2.99. The van der Waals surface area contributed by atoms with Crippen molar-refractivity contribution in [1.29, 1.82) is 0 Å². The highest BCUT2D eigenvalue weighted by Crippen LogP contribution is 2.27. The van der Waals surface area contributed by atoms with E-state index in [0.717, 1.165) is 35.5 Å². The Hall–Kier alpha value is -1.30. The molecule has 136 valence electrons. The minimum atomic E-state index is -0.0337. The van der Waals surface area contributed by atoms with Gasteiger partial charge in [0.15, 0.2) is 0 Å². The predicted molar refractivity (Wildman–Crippen MR) is 99.4 cm³/mol. The summed E-state index contributed by atoms with van der Waals surface area (Å²) in [6.45, 7) is 10.9. The molecule has 1 amide bonds. The Balaban J connectivity index is 0.00000288. The van der Waals surface area contributed by atoms with Crippen molar-refractivity contribution in [2.75, 3.05) is 31.7 Å². The molecule has 1 aromatic rings. The fourth-order valence-corrected chi connectivity index (χ4v) is 2.74. The topological polar surface area (TPSA) is 59.6 Å². The lowest BCUT2D eigenvalue weighted by Crippen LogP contribution is -2.27. The van der Waals surface area contributed by atoms with E-state index in [4.69, 9.17) is 9.47 Å². The lowest BCUT2D eigenvalue weighted by Gasteiger charge is -2.16. The summed E-state index contributed by atoms with van der Waals surface area (Å²) in [6, 6.07) is 4.38. The first kappa shape index (κ1) is 20.7. The molecule has 1 heterocycles. The zero-order valence-electron chi connectivity index (χ0n) is 15.0. The van der Waals surface area contributed by atoms with Gasteiger partial charge in [0.1, 0.15) is 12.4 Å². The molecule has 2 N–H and O–H groups in total. The van der Waals surface area contributed by atoms with Crippen LogP contribution >= 0.6 is 12.4 Å². The van der Waals surface area contributed by atoms with Crippen LogP contribution in [0.1, 0.15) is 31.4 Å². The van der Waals surface area contributed by atoms with Crippen LogP contribution in [0.25, 0.3) is 0 Å². The normalized spacial score (nSPS) is 16.8. The summed E-state index contributed by atoms with van der Waals surface area (Å²) in [5.74, 6) is 0.905. The number of anilines is 1. The highest BCUT2D eigenvalue weighted by molar-refractivity contribution is 5.93. The van der Waals surface area contributed by atoms with Crippen molar-refractivity contribution >= 4 is 24.0 Å². The SMILES string of the molecule is Cc1cc(NC(=O)C2CCOC2)cc(C)c1OCCNC(C)C.Cl. The second-order valence-electron chi connectivity index (χ2n) is 6.45. The van der Waals surface area contributed by atoms with Gasteiger partial charge < -0.3 is 20.1 Å². The molecule has 1 saturated heterocycles. The number of hydrogen-bond acceptors (Lipinski definition) is 4. The van der Waals surface area contributed by atoms with Crippen molar-refractivity contribution in [2.24, 2.45) is 5.92 Å². The van der Waals surface area contributed by atoms with Crippen molar-refractivity contribution in [3.63, 3.8) is 0 Å². The molecule has 0 saturated carbocycles. The number of hydrogen-bond donors (Lipinski definition) is 2. The summed E-state index contributed by atoms with van der Waals surface area (Å²) in [5.41, 5.74) is 2.89. The molecule has 1 aliphatic heterocycles. The molecule has 1 unspecified atom stereocenters. The second kappa shape index (κ2) is 9.87. The number of rotatable bonds is 7. The minimum Gasteiger partial charge on any atom is -0.492 e. The van der Waals surface area contributed by atoms with Gasteiger partial charge in [-0.05, 0) is 43.5 Å². The third-order valence-corrected chi connectivity index (χ3v) is 3.93. The van der Waals surface area contributed by atoms with Gasteiger partial charge >= 0.3 is 0 Å². The number of carbonyl (C=O) groups is 1.